The van der Waals surface area contributed by atoms with Crippen LogP contribution in [0.25, 0.3) is 0 Å². The SMILES string of the molecule is CC(C)c1nc(C2CCCN2C(=O)c2cc(C3CC3)[nH]n2)no1. The van der Waals surface area contributed by atoms with Gasteiger partial charge in [0.15, 0.2) is 5.82 Å². The van der Waals surface area contributed by atoms with Gasteiger partial charge < -0.3 is 9.42 Å². The molecule has 1 unspecified atom stereocenters. The third-order valence-corrected chi connectivity index (χ3v) is 4.60. The van der Waals surface area contributed by atoms with Crippen molar-refractivity contribution in [2.24, 2.45) is 0 Å². The first-order chi connectivity index (χ1) is 11.1. The predicted octanol–water partition coefficient (Wildman–Crippen LogP) is 2.77. The average Bonchev–Trinajstić information content (AvgIpc) is 3.02. The van der Waals surface area contributed by atoms with Crippen LogP contribution in [0.15, 0.2) is 10.6 Å². The summed E-state index contributed by atoms with van der Waals surface area (Å²) in [6, 6.07) is 1.78. The van der Waals surface area contributed by atoms with Gasteiger partial charge in [0.25, 0.3) is 5.91 Å². The Morgan fingerprint density at radius 1 is 1.39 bits per heavy atom. The van der Waals surface area contributed by atoms with Gasteiger partial charge in [-0.05, 0) is 31.7 Å². The topological polar surface area (TPSA) is 87.9 Å². The number of aromatic amines is 1. The van der Waals surface area contributed by atoms with Crippen LogP contribution < -0.4 is 0 Å². The molecule has 3 heterocycles. The summed E-state index contributed by atoms with van der Waals surface area (Å²) in [6.07, 6.45) is 4.18. The quantitative estimate of drug-likeness (QED) is 0.937. The van der Waals surface area contributed by atoms with Gasteiger partial charge in [-0.25, -0.2) is 0 Å². The minimum absolute atomic E-state index is 0.0495. The number of H-pyrrole nitrogens is 1. The maximum atomic E-state index is 12.8. The van der Waals surface area contributed by atoms with E-state index in [0.29, 0.717) is 29.9 Å². The smallest absolute Gasteiger partial charge is 0.274 e. The zero-order valence-electron chi connectivity index (χ0n) is 13.5. The van der Waals surface area contributed by atoms with Gasteiger partial charge in [-0.15, -0.1) is 0 Å². The standard InChI is InChI=1S/C16H21N5O2/c1-9(2)15-17-14(20-23-15)13-4-3-7-21(13)16(22)12-8-11(18-19-12)10-5-6-10/h8-10,13H,3-7H2,1-2H3,(H,18,19). The second kappa shape index (κ2) is 5.47. The molecule has 1 N–H and O–H groups in total. The molecule has 2 aromatic rings. The van der Waals surface area contributed by atoms with E-state index in [0.717, 1.165) is 18.5 Å². The molecule has 0 radical (unpaired) electrons. The van der Waals surface area contributed by atoms with Crippen LogP contribution in [0, 0.1) is 0 Å². The Kier molecular flexibility index (Phi) is 3.43. The first-order valence-electron chi connectivity index (χ1n) is 8.33. The summed E-state index contributed by atoms with van der Waals surface area (Å²) < 4.78 is 5.30. The number of likely N-dealkylation sites (tertiary alicyclic amines) is 1. The molecule has 2 aromatic heterocycles. The van der Waals surface area contributed by atoms with Crippen LogP contribution in [0.2, 0.25) is 0 Å². The van der Waals surface area contributed by atoms with Crippen LogP contribution in [0.5, 0.6) is 0 Å². The van der Waals surface area contributed by atoms with Crippen molar-refractivity contribution in [1.82, 2.24) is 25.2 Å². The lowest BCUT2D eigenvalue weighted by atomic mass is 10.2. The molecule has 0 spiro atoms. The summed E-state index contributed by atoms with van der Waals surface area (Å²) in [7, 11) is 0. The number of carbonyl (C=O) groups excluding carboxylic acids is 1. The third kappa shape index (κ3) is 2.64. The van der Waals surface area contributed by atoms with E-state index in [1.165, 1.54) is 12.8 Å². The van der Waals surface area contributed by atoms with Gasteiger partial charge in [-0.2, -0.15) is 10.1 Å². The second-order valence-corrected chi connectivity index (χ2v) is 6.78. The Morgan fingerprint density at radius 3 is 2.91 bits per heavy atom. The Hall–Kier alpha value is -2.18. The normalized spacial score (nSPS) is 21.3. The molecule has 0 bridgehead atoms. The molecule has 0 aromatic carbocycles. The first kappa shape index (κ1) is 14.4. The zero-order chi connectivity index (χ0) is 16.0. The van der Waals surface area contributed by atoms with E-state index in [9.17, 15) is 4.79 Å². The lowest BCUT2D eigenvalue weighted by Crippen LogP contribution is -2.31. The molecule has 1 aliphatic heterocycles. The number of hydrogen-bond acceptors (Lipinski definition) is 5. The Morgan fingerprint density at radius 2 is 2.22 bits per heavy atom. The summed E-state index contributed by atoms with van der Waals surface area (Å²) in [5.41, 5.74) is 1.57. The molecule has 1 atom stereocenters. The summed E-state index contributed by atoms with van der Waals surface area (Å²) >= 11 is 0. The number of aromatic nitrogens is 4. The Labute approximate surface area is 134 Å². The van der Waals surface area contributed by atoms with E-state index < -0.39 is 0 Å². The van der Waals surface area contributed by atoms with Crippen LogP contribution in [0.4, 0.5) is 0 Å². The van der Waals surface area contributed by atoms with Crippen molar-refractivity contribution in [3.63, 3.8) is 0 Å². The van der Waals surface area contributed by atoms with Gasteiger partial charge in [0.2, 0.25) is 5.89 Å². The minimum atomic E-state index is -0.111. The van der Waals surface area contributed by atoms with Crippen molar-refractivity contribution in [3.05, 3.63) is 29.2 Å². The zero-order valence-corrected chi connectivity index (χ0v) is 13.5. The molecule has 122 valence electrons. The van der Waals surface area contributed by atoms with Crippen molar-refractivity contribution >= 4 is 5.91 Å². The molecule has 2 fully saturated rings. The molecule has 1 aliphatic carbocycles. The summed E-state index contributed by atoms with van der Waals surface area (Å²) in [6.45, 7) is 4.73. The molecule has 1 amide bonds. The third-order valence-electron chi connectivity index (χ3n) is 4.60. The molecule has 7 nitrogen and oxygen atoms in total. The fraction of sp³-hybridized carbons (Fsp3) is 0.625. The minimum Gasteiger partial charge on any atom is -0.339 e. The van der Waals surface area contributed by atoms with E-state index in [-0.39, 0.29) is 17.9 Å². The Balaban J connectivity index is 1.54. The number of nitrogens with zero attached hydrogens (tertiary/aromatic N) is 4. The van der Waals surface area contributed by atoms with Crippen LogP contribution in [-0.2, 0) is 0 Å². The van der Waals surface area contributed by atoms with E-state index in [2.05, 4.69) is 20.3 Å². The van der Waals surface area contributed by atoms with Gasteiger partial charge >= 0.3 is 0 Å². The second-order valence-electron chi connectivity index (χ2n) is 6.78. The van der Waals surface area contributed by atoms with E-state index in [4.69, 9.17) is 4.52 Å². The number of amides is 1. The van der Waals surface area contributed by atoms with Gasteiger partial charge in [0, 0.05) is 24.1 Å². The molecule has 1 saturated carbocycles. The first-order valence-corrected chi connectivity index (χ1v) is 8.33. The maximum Gasteiger partial charge on any atom is 0.274 e. The molecule has 1 saturated heterocycles. The predicted molar refractivity (Wildman–Crippen MR) is 82.0 cm³/mol. The van der Waals surface area contributed by atoms with E-state index in [1.807, 2.05) is 24.8 Å². The van der Waals surface area contributed by atoms with Crippen molar-refractivity contribution in [2.75, 3.05) is 6.54 Å². The van der Waals surface area contributed by atoms with Crippen molar-refractivity contribution in [1.29, 1.82) is 0 Å². The molecule has 7 heteroatoms. The number of nitrogens with one attached hydrogen (secondary N) is 1. The summed E-state index contributed by atoms with van der Waals surface area (Å²) in [4.78, 5) is 19.1. The molecular formula is C16H21N5O2. The average molecular weight is 315 g/mol. The highest BCUT2D eigenvalue weighted by molar-refractivity contribution is 5.92. The number of carbonyl (C=O) groups is 1. The number of rotatable bonds is 4. The van der Waals surface area contributed by atoms with Crippen LogP contribution in [0.3, 0.4) is 0 Å². The highest BCUT2D eigenvalue weighted by atomic mass is 16.5. The van der Waals surface area contributed by atoms with Crippen LogP contribution in [0.1, 0.15) is 85.3 Å². The molecule has 2 aliphatic rings. The van der Waals surface area contributed by atoms with Crippen LogP contribution >= 0.6 is 0 Å². The van der Waals surface area contributed by atoms with Gasteiger partial charge in [0.05, 0.1) is 6.04 Å². The summed E-state index contributed by atoms with van der Waals surface area (Å²) in [5, 5.41) is 11.3. The van der Waals surface area contributed by atoms with E-state index in [1.54, 1.807) is 0 Å². The van der Waals surface area contributed by atoms with Gasteiger partial charge in [0.1, 0.15) is 5.69 Å². The fourth-order valence-corrected chi connectivity index (χ4v) is 3.09. The fourth-order valence-electron chi connectivity index (χ4n) is 3.09. The van der Waals surface area contributed by atoms with Crippen molar-refractivity contribution < 1.29 is 9.32 Å². The lowest BCUT2D eigenvalue weighted by Gasteiger charge is -2.20. The highest BCUT2D eigenvalue weighted by Gasteiger charge is 2.35. The number of hydrogen-bond donors (Lipinski definition) is 1. The summed E-state index contributed by atoms with van der Waals surface area (Å²) in [5.74, 6) is 1.93. The molecular weight excluding hydrogens is 294 g/mol. The van der Waals surface area contributed by atoms with Crippen molar-refractivity contribution in [2.45, 2.75) is 57.4 Å². The lowest BCUT2D eigenvalue weighted by molar-refractivity contribution is 0.0722. The monoisotopic (exact) mass is 315 g/mol. The molecule has 23 heavy (non-hydrogen) atoms. The largest absolute Gasteiger partial charge is 0.339 e. The molecule has 4 rings (SSSR count). The highest BCUT2D eigenvalue weighted by Crippen LogP contribution is 2.39. The van der Waals surface area contributed by atoms with Gasteiger partial charge in [-0.1, -0.05) is 19.0 Å². The van der Waals surface area contributed by atoms with Crippen molar-refractivity contribution in [3.8, 4) is 0 Å². The maximum absolute atomic E-state index is 12.8. The van der Waals surface area contributed by atoms with Crippen LogP contribution in [-0.4, -0.2) is 37.7 Å². The van der Waals surface area contributed by atoms with E-state index >= 15 is 0 Å². The van der Waals surface area contributed by atoms with Gasteiger partial charge in [-0.3, -0.25) is 9.89 Å². The Bertz CT molecular complexity index is 716.